The van der Waals surface area contributed by atoms with Crippen LogP contribution in [0.5, 0.6) is 5.75 Å². The molecule has 3 heterocycles. The number of hydrogen-bond acceptors (Lipinski definition) is 7. The molecule has 2 N–H and O–H groups in total. The zero-order valence-corrected chi connectivity index (χ0v) is 22.2. The van der Waals surface area contributed by atoms with Gasteiger partial charge in [-0.05, 0) is 44.2 Å². The number of nitrogens with zero attached hydrogens (tertiary/aromatic N) is 3. The van der Waals surface area contributed by atoms with Crippen LogP contribution in [0, 0.1) is 0 Å². The second-order valence-electron chi connectivity index (χ2n) is 9.07. The monoisotopic (exact) mass is 553 g/mol. The van der Waals surface area contributed by atoms with Crippen molar-refractivity contribution in [2.75, 3.05) is 13.1 Å². The molecule has 4 aromatic rings. The Morgan fingerprint density at radius 3 is 2.61 bits per heavy atom. The Bertz CT molecular complexity index is 1460. The molecule has 38 heavy (non-hydrogen) atoms. The van der Waals surface area contributed by atoms with Crippen LogP contribution in [-0.4, -0.2) is 57.8 Å². The molecule has 0 radical (unpaired) electrons. The topological polar surface area (TPSA) is 109 Å². The SMILES string of the molecule is CC(Oc1ccc2[nH]nc(-c3ccc(C(=O)N4CC(OC=O)NCC4C)cc3)c2c1)c1c(Cl)cncc1Cl. The van der Waals surface area contributed by atoms with Gasteiger partial charge in [-0.2, -0.15) is 5.10 Å². The molecular formula is C27H25Cl2N5O4. The van der Waals surface area contributed by atoms with Crippen LogP contribution in [0.15, 0.2) is 54.9 Å². The lowest BCUT2D eigenvalue weighted by Crippen LogP contribution is -2.58. The van der Waals surface area contributed by atoms with Crippen LogP contribution in [0.25, 0.3) is 22.2 Å². The summed E-state index contributed by atoms with van der Waals surface area (Å²) in [6.07, 6.45) is 2.15. The first kappa shape index (κ1) is 26.0. The number of amides is 1. The summed E-state index contributed by atoms with van der Waals surface area (Å²) in [5, 5.41) is 12.4. The summed E-state index contributed by atoms with van der Waals surface area (Å²) in [5.74, 6) is 0.498. The fraction of sp³-hybridized carbons (Fsp3) is 0.259. The molecular weight excluding hydrogens is 529 g/mol. The maximum atomic E-state index is 13.2. The molecule has 1 aliphatic heterocycles. The quantitative estimate of drug-likeness (QED) is 0.310. The molecule has 1 amide bonds. The number of piperazine rings is 1. The Morgan fingerprint density at radius 1 is 1.16 bits per heavy atom. The molecule has 2 aromatic carbocycles. The van der Waals surface area contributed by atoms with Crippen LogP contribution < -0.4 is 10.1 Å². The van der Waals surface area contributed by atoms with Gasteiger partial charge in [0.2, 0.25) is 0 Å². The van der Waals surface area contributed by atoms with Crippen LogP contribution in [0.2, 0.25) is 10.0 Å². The lowest BCUT2D eigenvalue weighted by Gasteiger charge is -2.37. The summed E-state index contributed by atoms with van der Waals surface area (Å²) in [6, 6.07) is 12.9. The van der Waals surface area contributed by atoms with Crippen molar-refractivity contribution in [1.29, 1.82) is 0 Å². The Kier molecular flexibility index (Phi) is 7.51. The predicted octanol–water partition coefficient (Wildman–Crippen LogP) is 5.00. The summed E-state index contributed by atoms with van der Waals surface area (Å²) in [7, 11) is 0. The minimum absolute atomic E-state index is 0.0401. The number of halogens is 2. The fourth-order valence-corrected chi connectivity index (χ4v) is 5.24. The molecule has 3 unspecified atom stereocenters. The van der Waals surface area contributed by atoms with E-state index < -0.39 is 12.3 Å². The van der Waals surface area contributed by atoms with E-state index in [1.54, 1.807) is 17.0 Å². The Labute approximate surface area is 229 Å². The molecule has 2 aromatic heterocycles. The summed E-state index contributed by atoms with van der Waals surface area (Å²) in [4.78, 5) is 29.6. The van der Waals surface area contributed by atoms with Gasteiger partial charge in [-0.25, -0.2) is 0 Å². The number of rotatable bonds is 7. The minimum Gasteiger partial charge on any atom is -0.486 e. The number of aromatic amines is 1. The van der Waals surface area contributed by atoms with Crippen molar-refractivity contribution in [2.24, 2.45) is 0 Å². The van der Waals surface area contributed by atoms with Gasteiger partial charge in [0.1, 0.15) is 17.5 Å². The number of carbonyl (C=O) groups is 2. The Morgan fingerprint density at radius 2 is 1.89 bits per heavy atom. The highest BCUT2D eigenvalue weighted by molar-refractivity contribution is 6.35. The molecule has 11 heteroatoms. The second-order valence-corrected chi connectivity index (χ2v) is 9.88. The highest BCUT2D eigenvalue weighted by atomic mass is 35.5. The summed E-state index contributed by atoms with van der Waals surface area (Å²) >= 11 is 12.6. The van der Waals surface area contributed by atoms with E-state index in [1.807, 2.05) is 44.2 Å². The van der Waals surface area contributed by atoms with Crippen LogP contribution >= 0.6 is 23.2 Å². The van der Waals surface area contributed by atoms with E-state index >= 15 is 0 Å². The molecule has 0 spiro atoms. The summed E-state index contributed by atoms with van der Waals surface area (Å²) in [6.45, 7) is 5.02. The molecule has 3 atom stereocenters. The van der Waals surface area contributed by atoms with E-state index in [1.165, 1.54) is 12.4 Å². The number of H-pyrrole nitrogens is 1. The van der Waals surface area contributed by atoms with E-state index in [9.17, 15) is 9.59 Å². The van der Waals surface area contributed by atoms with Crippen molar-refractivity contribution in [3.8, 4) is 17.0 Å². The molecule has 1 fully saturated rings. The third-order valence-electron chi connectivity index (χ3n) is 6.57. The van der Waals surface area contributed by atoms with Gasteiger partial charge in [-0.3, -0.25) is 25.0 Å². The van der Waals surface area contributed by atoms with Gasteiger partial charge in [-0.15, -0.1) is 0 Å². The largest absolute Gasteiger partial charge is 0.486 e. The second kappa shape index (κ2) is 11.0. The van der Waals surface area contributed by atoms with Crippen molar-refractivity contribution in [3.05, 3.63) is 76.0 Å². The van der Waals surface area contributed by atoms with Gasteiger partial charge in [0.15, 0.2) is 6.23 Å². The number of aromatic nitrogens is 3. The maximum Gasteiger partial charge on any atom is 0.294 e. The fourth-order valence-electron chi connectivity index (χ4n) is 4.57. The lowest BCUT2D eigenvalue weighted by atomic mass is 10.0. The van der Waals surface area contributed by atoms with Crippen molar-refractivity contribution in [2.45, 2.75) is 32.2 Å². The first-order valence-electron chi connectivity index (χ1n) is 12.0. The van der Waals surface area contributed by atoms with Gasteiger partial charge in [0.05, 0.1) is 22.1 Å². The van der Waals surface area contributed by atoms with Gasteiger partial charge in [-0.1, -0.05) is 35.3 Å². The summed E-state index contributed by atoms with van der Waals surface area (Å²) < 4.78 is 11.2. The molecule has 0 aliphatic carbocycles. The van der Waals surface area contributed by atoms with E-state index in [2.05, 4.69) is 20.5 Å². The van der Waals surface area contributed by atoms with E-state index in [0.717, 1.165) is 22.2 Å². The molecule has 1 aliphatic rings. The van der Waals surface area contributed by atoms with Gasteiger partial charge < -0.3 is 14.4 Å². The number of pyridine rings is 1. The van der Waals surface area contributed by atoms with Crippen LogP contribution in [-0.2, 0) is 9.53 Å². The first-order chi connectivity index (χ1) is 18.4. The lowest BCUT2D eigenvalue weighted by molar-refractivity contribution is -0.137. The molecule has 9 nitrogen and oxygen atoms in total. The normalized spacial score (nSPS) is 18.3. The minimum atomic E-state index is -0.521. The smallest absolute Gasteiger partial charge is 0.294 e. The first-order valence-corrected chi connectivity index (χ1v) is 12.8. The number of ether oxygens (including phenoxy) is 2. The standard InChI is InChI=1S/C27H25Cl2N5O4/c1-15-10-31-24(37-14-35)13-34(15)27(36)18-5-3-17(4-6-18)26-20-9-19(7-8-23(20)32-33-26)38-16(2)25-21(28)11-30-12-22(25)29/h3-9,11-12,14-16,24,31H,10,13H2,1-2H3,(H,32,33). The number of nitrogens with one attached hydrogen (secondary N) is 2. The molecule has 0 bridgehead atoms. The number of fused-ring (bicyclic) bond motifs is 1. The maximum absolute atomic E-state index is 13.2. The van der Waals surface area contributed by atoms with Crippen molar-refractivity contribution in [1.82, 2.24) is 25.4 Å². The number of carbonyl (C=O) groups excluding carboxylic acids is 2. The van der Waals surface area contributed by atoms with Gasteiger partial charge in [0.25, 0.3) is 12.4 Å². The average molecular weight is 554 g/mol. The Hall–Kier alpha value is -3.66. The predicted molar refractivity (Wildman–Crippen MR) is 144 cm³/mol. The van der Waals surface area contributed by atoms with Crippen LogP contribution in [0.4, 0.5) is 0 Å². The number of benzene rings is 2. The molecule has 5 rings (SSSR count). The van der Waals surface area contributed by atoms with Crippen molar-refractivity contribution in [3.63, 3.8) is 0 Å². The zero-order chi connectivity index (χ0) is 26.8. The van der Waals surface area contributed by atoms with Gasteiger partial charge in [0, 0.05) is 47.1 Å². The van der Waals surface area contributed by atoms with E-state index in [4.69, 9.17) is 32.7 Å². The average Bonchev–Trinajstić information content (AvgIpc) is 3.33. The number of hydrogen-bond donors (Lipinski definition) is 2. The van der Waals surface area contributed by atoms with Crippen LogP contribution in [0.3, 0.4) is 0 Å². The zero-order valence-electron chi connectivity index (χ0n) is 20.7. The van der Waals surface area contributed by atoms with Crippen LogP contribution in [0.1, 0.15) is 35.9 Å². The van der Waals surface area contributed by atoms with E-state index in [0.29, 0.717) is 39.9 Å². The van der Waals surface area contributed by atoms with Gasteiger partial charge >= 0.3 is 0 Å². The third-order valence-corrected chi connectivity index (χ3v) is 7.17. The van der Waals surface area contributed by atoms with Crippen molar-refractivity contribution < 1.29 is 19.1 Å². The highest BCUT2D eigenvalue weighted by Crippen LogP contribution is 2.35. The molecule has 196 valence electrons. The molecule has 1 saturated heterocycles. The summed E-state index contributed by atoms with van der Waals surface area (Å²) in [5.41, 5.74) is 3.62. The Balaban J connectivity index is 1.37. The molecule has 0 saturated carbocycles. The van der Waals surface area contributed by atoms with Crippen molar-refractivity contribution >= 4 is 46.5 Å². The third kappa shape index (κ3) is 5.18. The highest BCUT2D eigenvalue weighted by Gasteiger charge is 2.30. The van der Waals surface area contributed by atoms with E-state index in [-0.39, 0.29) is 18.5 Å².